The molecule has 114 valence electrons. The summed E-state index contributed by atoms with van der Waals surface area (Å²) in [6.07, 6.45) is 2.71. The molecule has 0 saturated carbocycles. The number of aromatic nitrogens is 2. The van der Waals surface area contributed by atoms with E-state index in [4.69, 9.17) is 0 Å². The van der Waals surface area contributed by atoms with Crippen LogP contribution in [0.3, 0.4) is 0 Å². The van der Waals surface area contributed by atoms with Crippen LogP contribution in [0.15, 0.2) is 64.8 Å². The van der Waals surface area contributed by atoms with Crippen molar-refractivity contribution in [1.82, 2.24) is 9.97 Å². The van der Waals surface area contributed by atoms with Gasteiger partial charge < -0.3 is 10.4 Å². The lowest BCUT2D eigenvalue weighted by Crippen LogP contribution is -2.06. The Morgan fingerprint density at radius 1 is 1.00 bits per heavy atom. The molecule has 1 aliphatic rings. The minimum absolute atomic E-state index is 0.643. The third-order valence-corrected chi connectivity index (χ3v) is 4.90. The van der Waals surface area contributed by atoms with Crippen LogP contribution in [-0.4, -0.2) is 15.1 Å². The van der Waals surface area contributed by atoms with E-state index in [9.17, 15) is 5.11 Å². The number of rotatable bonds is 2. The largest absolute Gasteiger partial charge is 0.384 e. The molecule has 1 unspecified atom stereocenters. The number of hydrogen-bond donors (Lipinski definition) is 2. The van der Waals surface area contributed by atoms with Crippen LogP contribution in [0.1, 0.15) is 22.8 Å². The van der Waals surface area contributed by atoms with Crippen molar-refractivity contribution < 1.29 is 5.11 Å². The van der Waals surface area contributed by atoms with Gasteiger partial charge in [-0.05, 0) is 30.2 Å². The molecule has 0 aliphatic carbocycles. The second-order valence-corrected chi connectivity index (χ2v) is 6.54. The van der Waals surface area contributed by atoms with E-state index in [2.05, 4.69) is 15.3 Å². The monoisotopic (exact) mass is 321 g/mol. The Morgan fingerprint density at radius 2 is 1.74 bits per heavy atom. The summed E-state index contributed by atoms with van der Waals surface area (Å²) in [4.78, 5) is 9.71. The molecule has 0 saturated heterocycles. The molecule has 0 radical (unpaired) electrons. The highest BCUT2D eigenvalue weighted by molar-refractivity contribution is 7.99. The lowest BCUT2D eigenvalue weighted by atomic mass is 10.00. The van der Waals surface area contributed by atoms with Crippen LogP contribution in [0.4, 0.5) is 11.5 Å². The van der Waals surface area contributed by atoms with E-state index in [1.165, 1.54) is 5.56 Å². The second kappa shape index (κ2) is 5.68. The van der Waals surface area contributed by atoms with Crippen molar-refractivity contribution in [3.63, 3.8) is 0 Å². The fourth-order valence-electron chi connectivity index (χ4n) is 2.56. The molecule has 4 nitrogen and oxygen atoms in total. The highest BCUT2D eigenvalue weighted by atomic mass is 32.2. The number of anilines is 2. The van der Waals surface area contributed by atoms with Gasteiger partial charge >= 0.3 is 0 Å². The number of nitrogens with one attached hydrogen (secondary N) is 1. The molecule has 2 N–H and O–H groups in total. The number of fused-ring (bicyclic) bond motifs is 2. The molecule has 0 bridgehead atoms. The summed E-state index contributed by atoms with van der Waals surface area (Å²) < 4.78 is 0. The maximum atomic E-state index is 10.6. The van der Waals surface area contributed by atoms with Gasteiger partial charge in [0, 0.05) is 17.3 Å². The Bertz CT molecular complexity index is 864. The molecule has 0 spiro atoms. The number of aliphatic hydroxyl groups excluding tert-OH is 1. The highest BCUT2D eigenvalue weighted by Crippen LogP contribution is 2.42. The molecule has 23 heavy (non-hydrogen) atoms. The van der Waals surface area contributed by atoms with Gasteiger partial charge in [-0.1, -0.05) is 47.7 Å². The van der Waals surface area contributed by atoms with Gasteiger partial charge in [-0.15, -0.1) is 0 Å². The minimum Gasteiger partial charge on any atom is -0.384 e. The van der Waals surface area contributed by atoms with Gasteiger partial charge in [0.2, 0.25) is 0 Å². The number of hydrogen-bond acceptors (Lipinski definition) is 5. The number of benzene rings is 2. The zero-order chi connectivity index (χ0) is 15.8. The van der Waals surface area contributed by atoms with E-state index in [0.717, 1.165) is 32.6 Å². The first-order valence-electron chi connectivity index (χ1n) is 7.35. The SMILES string of the molecule is Cc1ccc(C(O)c2ccc3c(c2)Nc2nccnc2S3)cc1. The molecule has 4 rings (SSSR count). The van der Waals surface area contributed by atoms with E-state index < -0.39 is 6.10 Å². The summed E-state index contributed by atoms with van der Waals surface area (Å²) in [5.74, 6) is 0.756. The molecule has 1 aromatic heterocycles. The number of aryl methyl sites for hydroxylation is 1. The normalized spacial score (nSPS) is 13.7. The Kier molecular flexibility index (Phi) is 3.52. The van der Waals surface area contributed by atoms with E-state index in [0.29, 0.717) is 0 Å². The maximum Gasteiger partial charge on any atom is 0.163 e. The Hall–Kier alpha value is -2.37. The minimum atomic E-state index is -0.643. The van der Waals surface area contributed by atoms with Gasteiger partial charge in [-0.3, -0.25) is 0 Å². The molecule has 1 aliphatic heterocycles. The van der Waals surface area contributed by atoms with Crippen LogP contribution in [0.25, 0.3) is 0 Å². The summed E-state index contributed by atoms with van der Waals surface area (Å²) in [6, 6.07) is 13.9. The smallest absolute Gasteiger partial charge is 0.163 e. The zero-order valence-corrected chi connectivity index (χ0v) is 13.3. The molecule has 2 aromatic carbocycles. The molecule has 2 heterocycles. The van der Waals surface area contributed by atoms with Gasteiger partial charge in [0.1, 0.15) is 11.1 Å². The summed E-state index contributed by atoms with van der Waals surface area (Å²) >= 11 is 1.58. The molecule has 3 aromatic rings. The average Bonchev–Trinajstić information content (AvgIpc) is 2.59. The first-order valence-corrected chi connectivity index (χ1v) is 8.17. The summed E-state index contributed by atoms with van der Waals surface area (Å²) in [5, 5.41) is 14.8. The molecule has 1 atom stereocenters. The molecule has 0 amide bonds. The first kappa shape index (κ1) is 14.2. The summed E-state index contributed by atoms with van der Waals surface area (Å²) in [5.41, 5.74) is 3.87. The number of aliphatic hydroxyl groups is 1. The molecule has 5 heteroatoms. The molecule has 0 fully saturated rings. The van der Waals surface area contributed by atoms with Gasteiger partial charge in [0.15, 0.2) is 5.82 Å². The first-order chi connectivity index (χ1) is 11.2. The van der Waals surface area contributed by atoms with Crippen LogP contribution in [0.2, 0.25) is 0 Å². The quantitative estimate of drug-likeness (QED) is 0.583. The Labute approximate surface area is 138 Å². The zero-order valence-electron chi connectivity index (χ0n) is 12.5. The van der Waals surface area contributed by atoms with Crippen LogP contribution in [0, 0.1) is 6.92 Å². The Morgan fingerprint density at radius 3 is 2.57 bits per heavy atom. The van der Waals surface area contributed by atoms with Crippen LogP contribution in [-0.2, 0) is 0 Å². The van der Waals surface area contributed by atoms with E-state index in [-0.39, 0.29) is 0 Å². The van der Waals surface area contributed by atoms with Crippen molar-refractivity contribution >= 4 is 23.3 Å². The van der Waals surface area contributed by atoms with Crippen molar-refractivity contribution in [1.29, 1.82) is 0 Å². The van der Waals surface area contributed by atoms with E-state index in [1.807, 2.05) is 49.4 Å². The van der Waals surface area contributed by atoms with Gasteiger partial charge in [0.05, 0.1) is 5.69 Å². The van der Waals surface area contributed by atoms with Crippen molar-refractivity contribution in [2.75, 3.05) is 5.32 Å². The summed E-state index contributed by atoms with van der Waals surface area (Å²) in [7, 11) is 0. The van der Waals surface area contributed by atoms with Crippen LogP contribution in [0.5, 0.6) is 0 Å². The Balaban J connectivity index is 1.67. The predicted molar refractivity (Wildman–Crippen MR) is 91.1 cm³/mol. The van der Waals surface area contributed by atoms with Crippen LogP contribution < -0.4 is 5.32 Å². The van der Waals surface area contributed by atoms with Crippen molar-refractivity contribution in [2.24, 2.45) is 0 Å². The molecular formula is C18H15N3OS. The predicted octanol–water partition coefficient (Wildman–Crippen LogP) is 4.07. The van der Waals surface area contributed by atoms with Gasteiger partial charge in [-0.2, -0.15) is 0 Å². The fraction of sp³-hybridized carbons (Fsp3) is 0.111. The topological polar surface area (TPSA) is 58.0 Å². The average molecular weight is 321 g/mol. The highest BCUT2D eigenvalue weighted by Gasteiger charge is 2.19. The van der Waals surface area contributed by atoms with E-state index >= 15 is 0 Å². The lowest BCUT2D eigenvalue weighted by molar-refractivity contribution is 0.220. The third-order valence-electron chi connectivity index (χ3n) is 3.84. The van der Waals surface area contributed by atoms with Crippen molar-refractivity contribution in [3.8, 4) is 0 Å². The standard InChI is InChI=1S/C18H15N3OS/c1-11-2-4-12(5-3-11)16(22)13-6-7-15-14(10-13)21-17-18(23-15)20-9-8-19-17/h2-10,16,22H,1H3,(H,19,21). The third kappa shape index (κ3) is 2.69. The number of nitrogens with zero attached hydrogens (tertiary/aromatic N) is 2. The lowest BCUT2D eigenvalue weighted by Gasteiger charge is -2.20. The van der Waals surface area contributed by atoms with E-state index in [1.54, 1.807) is 24.2 Å². The molecular weight excluding hydrogens is 306 g/mol. The van der Waals surface area contributed by atoms with Crippen LogP contribution >= 0.6 is 11.8 Å². The van der Waals surface area contributed by atoms with Gasteiger partial charge in [0.25, 0.3) is 0 Å². The van der Waals surface area contributed by atoms with Crippen molar-refractivity contribution in [3.05, 3.63) is 71.5 Å². The van der Waals surface area contributed by atoms with Gasteiger partial charge in [-0.25, -0.2) is 9.97 Å². The summed E-state index contributed by atoms with van der Waals surface area (Å²) in [6.45, 7) is 2.04. The second-order valence-electron chi connectivity index (χ2n) is 5.51. The maximum absolute atomic E-state index is 10.6. The fourth-order valence-corrected chi connectivity index (χ4v) is 3.44. The van der Waals surface area contributed by atoms with Crippen molar-refractivity contribution in [2.45, 2.75) is 22.9 Å².